The van der Waals surface area contributed by atoms with Gasteiger partial charge in [0.25, 0.3) is 0 Å². The molecule has 1 aliphatic rings. The predicted octanol–water partition coefficient (Wildman–Crippen LogP) is 5.30. The molecular formula is C27H41ClFN5O. The van der Waals surface area contributed by atoms with Crippen LogP contribution in [-0.2, 0) is 23.2 Å². The fourth-order valence-electron chi connectivity index (χ4n) is 4.56. The first-order valence-electron chi connectivity index (χ1n) is 12.7. The molecule has 0 fully saturated rings. The number of benzene rings is 1. The van der Waals surface area contributed by atoms with Gasteiger partial charge in [-0.05, 0) is 68.2 Å². The van der Waals surface area contributed by atoms with Crippen LogP contribution in [0.5, 0.6) is 0 Å². The highest BCUT2D eigenvalue weighted by molar-refractivity contribution is 6.30. The molecule has 3 rings (SSSR count). The Labute approximate surface area is 214 Å². The largest absolute Gasteiger partial charge is 0.328 e. The molecule has 8 heteroatoms. The average molecular weight is 506 g/mol. The summed E-state index contributed by atoms with van der Waals surface area (Å²) in [6, 6.07) is 2.89. The molecular weight excluding hydrogens is 465 g/mol. The summed E-state index contributed by atoms with van der Waals surface area (Å²) < 4.78 is 16.5. The van der Waals surface area contributed by atoms with Gasteiger partial charge in [0.2, 0.25) is 5.91 Å². The van der Waals surface area contributed by atoms with Gasteiger partial charge in [0.05, 0.1) is 17.9 Å². The molecule has 6 nitrogen and oxygen atoms in total. The summed E-state index contributed by atoms with van der Waals surface area (Å²) in [7, 11) is 0. The first-order valence-corrected chi connectivity index (χ1v) is 13.0. The van der Waals surface area contributed by atoms with E-state index in [9.17, 15) is 9.18 Å². The quantitative estimate of drug-likeness (QED) is 0.409. The molecule has 0 bridgehead atoms. The summed E-state index contributed by atoms with van der Waals surface area (Å²) >= 11 is 6.02. The van der Waals surface area contributed by atoms with Gasteiger partial charge in [0.15, 0.2) is 5.82 Å². The van der Waals surface area contributed by atoms with Gasteiger partial charge in [-0.25, -0.2) is 9.37 Å². The van der Waals surface area contributed by atoms with Gasteiger partial charge in [0, 0.05) is 30.4 Å². The van der Waals surface area contributed by atoms with Crippen LogP contribution < -0.4 is 16.0 Å². The number of amides is 1. The van der Waals surface area contributed by atoms with E-state index in [1.54, 1.807) is 6.33 Å². The minimum Gasteiger partial charge on any atom is -0.328 e. The normalized spacial score (nSPS) is 17.2. The van der Waals surface area contributed by atoms with Crippen molar-refractivity contribution >= 4 is 23.3 Å². The molecule has 0 unspecified atom stereocenters. The summed E-state index contributed by atoms with van der Waals surface area (Å²) in [5.41, 5.74) is 1.69. The zero-order valence-corrected chi connectivity index (χ0v) is 22.7. The number of nitrogens with one attached hydrogen (secondary N) is 3. The fraction of sp³-hybridized carbons (Fsp3) is 0.630. The number of nitrogens with zero attached hydrogens (tertiary/aromatic N) is 2. The molecule has 0 aliphatic heterocycles. The Balaban J connectivity index is 1.61. The first kappa shape index (κ1) is 27.6. The van der Waals surface area contributed by atoms with E-state index >= 15 is 0 Å². The van der Waals surface area contributed by atoms with E-state index in [4.69, 9.17) is 11.6 Å². The Morgan fingerprint density at radius 1 is 1.26 bits per heavy atom. The van der Waals surface area contributed by atoms with Crippen LogP contribution in [0.15, 0.2) is 24.7 Å². The Morgan fingerprint density at radius 3 is 2.69 bits per heavy atom. The van der Waals surface area contributed by atoms with Crippen LogP contribution in [0, 0.1) is 11.2 Å². The molecule has 0 spiro atoms. The minimum absolute atomic E-state index is 0.0332. The third-order valence-corrected chi connectivity index (χ3v) is 6.76. The number of fused-ring (bicyclic) bond motifs is 1. The topological polar surface area (TPSA) is 71.0 Å². The number of hydrogen-bond acceptors (Lipinski definition) is 4. The van der Waals surface area contributed by atoms with Gasteiger partial charge in [0.1, 0.15) is 5.82 Å². The van der Waals surface area contributed by atoms with Crippen LogP contribution in [0.3, 0.4) is 0 Å². The predicted molar refractivity (Wildman–Crippen MR) is 142 cm³/mol. The maximum absolute atomic E-state index is 14.5. The zero-order valence-electron chi connectivity index (χ0n) is 22.0. The molecule has 0 radical (unpaired) electrons. The number of carbonyl (C=O) groups excluding carboxylic acids is 1. The molecule has 0 saturated heterocycles. The molecule has 0 saturated carbocycles. The number of hydrogen-bond donors (Lipinski definition) is 3. The van der Waals surface area contributed by atoms with Gasteiger partial charge in [-0.2, -0.15) is 0 Å². The summed E-state index contributed by atoms with van der Waals surface area (Å²) in [6.45, 7) is 14.7. The second-order valence-electron chi connectivity index (χ2n) is 11.6. The molecule has 1 aromatic heterocycles. The van der Waals surface area contributed by atoms with Crippen LogP contribution in [-0.4, -0.2) is 40.6 Å². The molecule has 2 atom stereocenters. The van der Waals surface area contributed by atoms with Gasteiger partial charge in [-0.1, -0.05) is 45.7 Å². The second-order valence-corrected chi connectivity index (χ2v) is 12.0. The summed E-state index contributed by atoms with van der Waals surface area (Å²) in [6.07, 6.45) is 7.34. The van der Waals surface area contributed by atoms with Crippen LogP contribution in [0.25, 0.3) is 0 Å². The molecule has 1 aliphatic carbocycles. The smallest absolute Gasteiger partial charge is 0.242 e. The summed E-state index contributed by atoms with van der Waals surface area (Å²) in [5.74, 6) is 0.167. The zero-order chi connectivity index (χ0) is 25.8. The molecule has 194 valence electrons. The number of carbonyl (C=O) groups is 1. The number of imidazole rings is 1. The van der Waals surface area contributed by atoms with E-state index in [1.807, 2.05) is 16.8 Å². The monoisotopic (exact) mass is 505 g/mol. The van der Waals surface area contributed by atoms with Crippen molar-refractivity contribution in [1.29, 1.82) is 0 Å². The molecule has 3 N–H and O–H groups in total. The van der Waals surface area contributed by atoms with E-state index in [1.165, 1.54) is 6.07 Å². The lowest BCUT2D eigenvalue weighted by Gasteiger charge is -2.30. The third kappa shape index (κ3) is 7.76. The van der Waals surface area contributed by atoms with Gasteiger partial charge < -0.3 is 20.5 Å². The Morgan fingerprint density at radius 2 is 2.00 bits per heavy atom. The minimum atomic E-state index is -0.367. The highest BCUT2D eigenvalue weighted by Gasteiger charge is 2.28. The molecule has 35 heavy (non-hydrogen) atoms. The van der Waals surface area contributed by atoms with E-state index < -0.39 is 0 Å². The number of rotatable bonds is 10. The van der Waals surface area contributed by atoms with Crippen LogP contribution in [0.2, 0.25) is 5.02 Å². The Bertz CT molecular complexity index is 1010. The lowest BCUT2D eigenvalue weighted by Crippen LogP contribution is -2.48. The standard InChI is InChI=1S/C27H41ClFN5O/c1-7-8-23(32-20-10-9-18-11-19(28)12-22(29)21(18)13-20)25(35)33-24-14-34(17-31-24)27(5,6)16-30-15-26(2,3)4/h11-12,14,17,20,23,30,32H,7-10,13,15-16H2,1-6H3,(H,33,35)/t20-,23-/m0/s1. The molecule has 1 heterocycles. The lowest BCUT2D eigenvalue weighted by molar-refractivity contribution is -0.118. The third-order valence-electron chi connectivity index (χ3n) is 6.54. The average Bonchev–Trinajstić information content (AvgIpc) is 3.22. The van der Waals surface area contributed by atoms with Gasteiger partial charge in [-0.15, -0.1) is 0 Å². The first-order chi connectivity index (χ1) is 16.4. The van der Waals surface area contributed by atoms with E-state index in [0.717, 1.165) is 37.9 Å². The molecule has 1 aromatic carbocycles. The molecule has 2 aromatic rings. The summed E-state index contributed by atoms with van der Waals surface area (Å²) in [5, 5.41) is 10.4. The van der Waals surface area contributed by atoms with Crippen LogP contribution in [0.4, 0.5) is 10.2 Å². The van der Waals surface area contributed by atoms with Crippen molar-refractivity contribution in [2.75, 3.05) is 18.4 Å². The van der Waals surface area contributed by atoms with E-state index in [2.05, 4.69) is 62.5 Å². The van der Waals surface area contributed by atoms with Gasteiger partial charge in [-0.3, -0.25) is 4.79 Å². The maximum atomic E-state index is 14.5. The van der Waals surface area contributed by atoms with Gasteiger partial charge >= 0.3 is 0 Å². The highest BCUT2D eigenvalue weighted by atomic mass is 35.5. The van der Waals surface area contributed by atoms with Crippen molar-refractivity contribution in [2.24, 2.45) is 5.41 Å². The number of halogens is 2. The van der Waals surface area contributed by atoms with E-state index in [-0.39, 0.29) is 34.8 Å². The number of aryl methyl sites for hydroxylation is 1. The summed E-state index contributed by atoms with van der Waals surface area (Å²) in [4.78, 5) is 17.6. The van der Waals surface area contributed by atoms with Crippen molar-refractivity contribution in [3.63, 3.8) is 0 Å². The van der Waals surface area contributed by atoms with Crippen LogP contribution in [0.1, 0.15) is 71.9 Å². The lowest BCUT2D eigenvalue weighted by atomic mass is 9.87. The van der Waals surface area contributed by atoms with Crippen molar-refractivity contribution < 1.29 is 9.18 Å². The Kier molecular flexibility index (Phi) is 9.00. The van der Waals surface area contributed by atoms with E-state index in [0.29, 0.717) is 29.2 Å². The SMILES string of the molecule is CCC[C@H](N[C@H]1CCc2cc(Cl)cc(F)c2C1)C(=O)Nc1cn(C(C)(C)CNCC(C)(C)C)cn1. The number of aromatic nitrogens is 2. The van der Waals surface area contributed by atoms with Crippen molar-refractivity contribution in [3.05, 3.63) is 46.6 Å². The number of anilines is 1. The molecule has 1 amide bonds. The van der Waals surface area contributed by atoms with Crippen molar-refractivity contribution in [2.45, 2.75) is 91.3 Å². The fourth-order valence-corrected chi connectivity index (χ4v) is 4.79. The Hall–Kier alpha value is -1.96. The maximum Gasteiger partial charge on any atom is 0.242 e. The second kappa shape index (κ2) is 11.4. The highest BCUT2D eigenvalue weighted by Crippen LogP contribution is 2.28. The van der Waals surface area contributed by atoms with Crippen molar-refractivity contribution in [1.82, 2.24) is 20.2 Å². The van der Waals surface area contributed by atoms with Crippen molar-refractivity contribution in [3.8, 4) is 0 Å². The van der Waals surface area contributed by atoms with Crippen LogP contribution >= 0.6 is 11.6 Å².